The molecule has 5 rings (SSSR count). The molecular formula is C21H13NO. The molecule has 1 aliphatic carbocycles. The van der Waals surface area contributed by atoms with Crippen molar-refractivity contribution in [2.45, 2.75) is 6.92 Å². The van der Waals surface area contributed by atoms with E-state index < -0.39 is 0 Å². The molecule has 3 aromatic carbocycles. The Morgan fingerprint density at radius 1 is 0.783 bits per heavy atom. The van der Waals surface area contributed by atoms with Gasteiger partial charge < -0.3 is 0 Å². The van der Waals surface area contributed by atoms with Crippen molar-refractivity contribution in [2.75, 3.05) is 0 Å². The minimum absolute atomic E-state index is 0.0903. The molecule has 1 aromatic heterocycles. The minimum Gasteiger partial charge on any atom is -0.289 e. The fourth-order valence-electron chi connectivity index (χ4n) is 3.62. The van der Waals surface area contributed by atoms with Crippen LogP contribution in [0.3, 0.4) is 0 Å². The van der Waals surface area contributed by atoms with Crippen molar-refractivity contribution in [2.24, 2.45) is 0 Å². The molecular weight excluding hydrogens is 282 g/mol. The van der Waals surface area contributed by atoms with Crippen LogP contribution in [0.2, 0.25) is 0 Å². The van der Waals surface area contributed by atoms with Crippen LogP contribution in [0.4, 0.5) is 0 Å². The normalized spacial score (nSPS) is 12.7. The monoisotopic (exact) mass is 295 g/mol. The van der Waals surface area contributed by atoms with Crippen LogP contribution in [0.15, 0.2) is 60.7 Å². The fourth-order valence-corrected chi connectivity index (χ4v) is 3.62. The van der Waals surface area contributed by atoms with Gasteiger partial charge in [0.1, 0.15) is 0 Å². The lowest BCUT2D eigenvalue weighted by molar-refractivity contribution is 0.104. The summed E-state index contributed by atoms with van der Waals surface area (Å²) < 4.78 is 0. The van der Waals surface area contributed by atoms with Gasteiger partial charge in [-0.25, -0.2) is 4.98 Å². The van der Waals surface area contributed by atoms with Crippen molar-refractivity contribution in [1.82, 2.24) is 4.98 Å². The molecule has 0 saturated heterocycles. The number of hydrogen-bond donors (Lipinski definition) is 0. The molecule has 0 saturated carbocycles. The zero-order valence-corrected chi connectivity index (χ0v) is 12.6. The fraction of sp³-hybridized carbons (Fsp3) is 0.0476. The Morgan fingerprint density at radius 2 is 1.57 bits per heavy atom. The molecule has 108 valence electrons. The first-order chi connectivity index (χ1) is 11.2. The Balaban J connectivity index is 2.13. The highest BCUT2D eigenvalue weighted by molar-refractivity contribution is 6.28. The van der Waals surface area contributed by atoms with E-state index in [0.29, 0.717) is 0 Å². The lowest BCUT2D eigenvalue weighted by Crippen LogP contribution is -2.10. The number of aryl methyl sites for hydroxylation is 1. The molecule has 0 aliphatic heterocycles. The summed E-state index contributed by atoms with van der Waals surface area (Å²) in [7, 11) is 0. The number of aromatic nitrogens is 1. The summed E-state index contributed by atoms with van der Waals surface area (Å²) in [5.74, 6) is 0.0903. The van der Waals surface area contributed by atoms with E-state index in [4.69, 9.17) is 4.98 Å². The van der Waals surface area contributed by atoms with Crippen molar-refractivity contribution in [1.29, 1.82) is 0 Å². The first kappa shape index (κ1) is 12.5. The third-order valence-corrected chi connectivity index (χ3v) is 4.64. The minimum atomic E-state index is 0.0903. The molecule has 0 amide bonds. The van der Waals surface area contributed by atoms with E-state index in [1.165, 1.54) is 5.56 Å². The Labute approximate surface area is 133 Å². The van der Waals surface area contributed by atoms with Crippen LogP contribution in [0, 0.1) is 6.92 Å². The largest absolute Gasteiger partial charge is 0.289 e. The van der Waals surface area contributed by atoms with Gasteiger partial charge in [0.25, 0.3) is 0 Å². The predicted octanol–water partition coefficient (Wildman–Crippen LogP) is 4.91. The lowest BCUT2D eigenvalue weighted by atomic mass is 9.82. The van der Waals surface area contributed by atoms with Gasteiger partial charge in [-0.3, -0.25) is 4.79 Å². The maximum atomic E-state index is 12.9. The van der Waals surface area contributed by atoms with Crippen LogP contribution in [0.25, 0.3) is 32.9 Å². The zero-order valence-electron chi connectivity index (χ0n) is 12.6. The number of carbonyl (C=O) groups is 1. The van der Waals surface area contributed by atoms with Crippen molar-refractivity contribution < 1.29 is 4.79 Å². The molecule has 0 unspecified atom stereocenters. The number of carbonyl (C=O) groups excluding carboxylic acids is 1. The molecule has 0 fully saturated rings. The second-order valence-corrected chi connectivity index (χ2v) is 6.08. The third kappa shape index (κ3) is 1.58. The SMILES string of the molecule is Cc1ccc2nc3cccc4c3c(c2c1)-c1ccccc1C4=O. The maximum Gasteiger partial charge on any atom is 0.194 e. The van der Waals surface area contributed by atoms with Gasteiger partial charge in [0.05, 0.1) is 11.0 Å². The number of fused-ring (bicyclic) bond motifs is 4. The van der Waals surface area contributed by atoms with Crippen LogP contribution in [-0.4, -0.2) is 10.8 Å². The lowest BCUT2D eigenvalue weighted by Gasteiger charge is -2.21. The van der Waals surface area contributed by atoms with Crippen LogP contribution < -0.4 is 0 Å². The first-order valence-corrected chi connectivity index (χ1v) is 7.71. The summed E-state index contributed by atoms with van der Waals surface area (Å²) in [5, 5.41) is 2.10. The molecule has 0 radical (unpaired) electrons. The van der Waals surface area contributed by atoms with Crippen LogP contribution in [0.1, 0.15) is 21.5 Å². The Bertz CT molecular complexity index is 1140. The highest BCUT2D eigenvalue weighted by atomic mass is 16.1. The second kappa shape index (κ2) is 4.26. The van der Waals surface area contributed by atoms with E-state index in [1.54, 1.807) is 0 Å². The summed E-state index contributed by atoms with van der Waals surface area (Å²) in [6.45, 7) is 2.09. The smallest absolute Gasteiger partial charge is 0.194 e. The summed E-state index contributed by atoms with van der Waals surface area (Å²) >= 11 is 0. The average Bonchev–Trinajstić information content (AvgIpc) is 2.58. The van der Waals surface area contributed by atoms with Crippen molar-refractivity contribution in [3.05, 3.63) is 77.4 Å². The number of pyridine rings is 1. The van der Waals surface area contributed by atoms with Gasteiger partial charge in [0.2, 0.25) is 0 Å². The maximum absolute atomic E-state index is 12.9. The topological polar surface area (TPSA) is 30.0 Å². The number of benzene rings is 3. The highest BCUT2D eigenvalue weighted by Gasteiger charge is 2.26. The van der Waals surface area contributed by atoms with E-state index in [9.17, 15) is 4.79 Å². The summed E-state index contributed by atoms with van der Waals surface area (Å²) in [6.07, 6.45) is 0. The van der Waals surface area contributed by atoms with Crippen molar-refractivity contribution in [3.8, 4) is 11.1 Å². The molecule has 0 bridgehead atoms. The summed E-state index contributed by atoms with van der Waals surface area (Å²) in [4.78, 5) is 17.6. The molecule has 1 aliphatic rings. The van der Waals surface area contributed by atoms with Crippen molar-refractivity contribution >= 4 is 27.6 Å². The number of hydrogen-bond acceptors (Lipinski definition) is 2. The van der Waals surface area contributed by atoms with Gasteiger partial charge in [0.15, 0.2) is 5.78 Å². The van der Waals surface area contributed by atoms with Crippen LogP contribution >= 0.6 is 0 Å². The predicted molar refractivity (Wildman–Crippen MR) is 92.9 cm³/mol. The molecule has 2 nitrogen and oxygen atoms in total. The van der Waals surface area contributed by atoms with Gasteiger partial charge in [-0.15, -0.1) is 0 Å². The van der Waals surface area contributed by atoms with Gasteiger partial charge >= 0.3 is 0 Å². The molecule has 0 N–H and O–H groups in total. The molecule has 0 atom stereocenters. The number of nitrogens with zero attached hydrogens (tertiary/aromatic N) is 1. The Hall–Kier alpha value is -3.00. The molecule has 23 heavy (non-hydrogen) atoms. The van der Waals surface area contributed by atoms with Crippen LogP contribution in [-0.2, 0) is 0 Å². The van der Waals surface area contributed by atoms with Gasteiger partial charge in [-0.2, -0.15) is 0 Å². The van der Waals surface area contributed by atoms with E-state index in [2.05, 4.69) is 25.1 Å². The summed E-state index contributed by atoms with van der Waals surface area (Å²) in [6, 6.07) is 20.0. The van der Waals surface area contributed by atoms with Gasteiger partial charge in [-0.1, -0.05) is 48.0 Å². The van der Waals surface area contributed by atoms with E-state index in [0.717, 1.165) is 44.1 Å². The second-order valence-electron chi connectivity index (χ2n) is 6.08. The van der Waals surface area contributed by atoms with E-state index in [1.807, 2.05) is 42.5 Å². The van der Waals surface area contributed by atoms with Gasteiger partial charge in [0, 0.05) is 27.5 Å². The van der Waals surface area contributed by atoms with E-state index >= 15 is 0 Å². The standard InChI is InChI=1S/C21H13NO/c1-12-9-10-17-16(11-12)19-13-5-2-3-6-14(13)21(23)15-7-4-8-18(22-17)20(15)19/h2-11H,1H3. The third-order valence-electron chi connectivity index (χ3n) is 4.64. The van der Waals surface area contributed by atoms with Crippen molar-refractivity contribution in [3.63, 3.8) is 0 Å². The molecule has 1 heterocycles. The van der Waals surface area contributed by atoms with Crippen LogP contribution in [0.5, 0.6) is 0 Å². The number of ketones is 1. The zero-order chi connectivity index (χ0) is 15.6. The highest BCUT2D eigenvalue weighted by Crippen LogP contribution is 2.42. The molecule has 4 aromatic rings. The molecule has 0 spiro atoms. The van der Waals surface area contributed by atoms with Gasteiger partial charge in [-0.05, 0) is 30.7 Å². The Morgan fingerprint density at radius 3 is 2.43 bits per heavy atom. The average molecular weight is 295 g/mol. The number of rotatable bonds is 0. The Kier molecular flexibility index (Phi) is 2.32. The van der Waals surface area contributed by atoms with E-state index in [-0.39, 0.29) is 5.78 Å². The summed E-state index contributed by atoms with van der Waals surface area (Å²) in [5.41, 5.74) is 6.74. The molecule has 2 heteroatoms. The quantitative estimate of drug-likeness (QED) is 0.380. The first-order valence-electron chi connectivity index (χ1n) is 7.71.